The average molecular weight is 625 g/mol. The first-order valence-corrected chi connectivity index (χ1v) is 18.3. The van der Waals surface area contributed by atoms with E-state index in [0.29, 0.717) is 11.1 Å². The van der Waals surface area contributed by atoms with Crippen molar-refractivity contribution in [3.8, 4) is 0 Å². The molecule has 0 aromatic heterocycles. The van der Waals surface area contributed by atoms with E-state index in [4.69, 9.17) is 4.74 Å². The molecule has 8 aliphatic rings. The van der Waals surface area contributed by atoms with E-state index in [-0.39, 0.29) is 59.0 Å². The van der Waals surface area contributed by atoms with E-state index in [1.165, 1.54) is 11.1 Å². The summed E-state index contributed by atoms with van der Waals surface area (Å²) in [5, 5.41) is 0. The predicted octanol–water partition coefficient (Wildman–Crippen LogP) is 8.37. The highest BCUT2D eigenvalue weighted by Gasteiger charge is 2.64. The number of carbonyl (C=O) groups is 4. The van der Waals surface area contributed by atoms with Crippen molar-refractivity contribution in [1.29, 1.82) is 0 Å². The fourth-order valence-corrected chi connectivity index (χ4v) is 11.5. The van der Waals surface area contributed by atoms with Crippen LogP contribution in [-0.2, 0) is 14.3 Å². The van der Waals surface area contributed by atoms with Crippen LogP contribution in [0.5, 0.6) is 0 Å². The molecule has 5 heteroatoms. The lowest BCUT2D eigenvalue weighted by molar-refractivity contribution is -0.131. The zero-order valence-corrected chi connectivity index (χ0v) is 26.8. The van der Waals surface area contributed by atoms with Crippen LogP contribution >= 0.6 is 0 Å². The van der Waals surface area contributed by atoms with Crippen LogP contribution in [0.3, 0.4) is 0 Å². The van der Waals surface area contributed by atoms with Gasteiger partial charge in [0.2, 0.25) is 0 Å². The number of ketones is 4. The normalized spacial score (nSPS) is 35.7. The molecule has 0 radical (unpaired) electrons. The number of hydrogen-bond donors (Lipinski definition) is 0. The van der Waals surface area contributed by atoms with Gasteiger partial charge in [0, 0.05) is 57.1 Å². The summed E-state index contributed by atoms with van der Waals surface area (Å²) >= 11 is 0. The second-order valence-electron chi connectivity index (χ2n) is 15.3. The molecule has 0 amide bonds. The first-order valence-electron chi connectivity index (χ1n) is 18.3. The lowest BCUT2D eigenvalue weighted by atomic mass is 9.51. The van der Waals surface area contributed by atoms with Crippen LogP contribution in [0.1, 0.15) is 121 Å². The predicted molar refractivity (Wildman–Crippen MR) is 176 cm³/mol. The van der Waals surface area contributed by atoms with Crippen molar-refractivity contribution < 1.29 is 23.9 Å². The van der Waals surface area contributed by atoms with E-state index < -0.39 is 11.8 Å². The van der Waals surface area contributed by atoms with Gasteiger partial charge in [0.05, 0.1) is 24.0 Å². The van der Waals surface area contributed by atoms with Gasteiger partial charge in [0.1, 0.15) is 0 Å². The molecule has 6 aliphatic carbocycles. The highest BCUT2D eigenvalue weighted by molar-refractivity contribution is 6.28. The molecule has 2 bridgehead atoms. The van der Waals surface area contributed by atoms with Crippen LogP contribution in [0.4, 0.5) is 0 Å². The van der Waals surface area contributed by atoms with Crippen molar-refractivity contribution in [2.45, 2.75) is 89.3 Å². The maximum atomic E-state index is 15.1. The SMILES string of the molecule is O=C1C2=C(C(=O)c3ccccc31)[C@@H]1CCCCCC[C@H]3C4=C(C(=O)C5C(C4=O)[C@H]4O[C@@H]5c5ccccc54)[C@H]4CCCCCC[C@H]2C4=C13. The molecule has 2 aromatic rings. The Balaban J connectivity index is 1.20. The van der Waals surface area contributed by atoms with E-state index in [1.807, 2.05) is 36.4 Å². The van der Waals surface area contributed by atoms with E-state index in [1.54, 1.807) is 0 Å². The summed E-state index contributed by atoms with van der Waals surface area (Å²) in [6.45, 7) is 0. The molecule has 47 heavy (non-hydrogen) atoms. The van der Waals surface area contributed by atoms with Crippen molar-refractivity contribution >= 4 is 23.1 Å². The number of benzene rings is 2. The second kappa shape index (κ2) is 10.4. The Morgan fingerprint density at radius 1 is 0.447 bits per heavy atom. The van der Waals surface area contributed by atoms with Crippen LogP contribution < -0.4 is 0 Å². The summed E-state index contributed by atoms with van der Waals surface area (Å²) in [7, 11) is 0. The molecule has 238 valence electrons. The van der Waals surface area contributed by atoms with Crippen LogP contribution in [-0.4, -0.2) is 23.1 Å². The molecule has 2 unspecified atom stereocenters. The fraction of sp³-hybridized carbons (Fsp3) is 0.476. The lowest BCUT2D eigenvalue weighted by Crippen LogP contribution is -2.48. The van der Waals surface area contributed by atoms with Gasteiger partial charge in [0.15, 0.2) is 23.1 Å². The van der Waals surface area contributed by atoms with E-state index in [0.717, 1.165) is 110 Å². The number of hydrogen-bond acceptors (Lipinski definition) is 5. The molecule has 2 aromatic carbocycles. The summed E-state index contributed by atoms with van der Waals surface area (Å²) in [6, 6.07) is 15.5. The Morgan fingerprint density at radius 2 is 0.809 bits per heavy atom. The van der Waals surface area contributed by atoms with Crippen LogP contribution in [0, 0.1) is 35.5 Å². The van der Waals surface area contributed by atoms with E-state index >= 15 is 9.59 Å². The number of rotatable bonds is 0. The molecule has 2 saturated carbocycles. The van der Waals surface area contributed by atoms with E-state index in [2.05, 4.69) is 12.1 Å². The third-order valence-corrected chi connectivity index (χ3v) is 13.3. The Kier molecular flexibility index (Phi) is 6.27. The maximum Gasteiger partial charge on any atom is 0.190 e. The minimum atomic E-state index is -0.482. The Morgan fingerprint density at radius 3 is 1.21 bits per heavy atom. The van der Waals surface area contributed by atoms with Gasteiger partial charge in [-0.2, -0.15) is 0 Å². The van der Waals surface area contributed by atoms with Crippen molar-refractivity contribution in [3.05, 3.63) is 104 Å². The third kappa shape index (κ3) is 3.70. The third-order valence-electron chi connectivity index (χ3n) is 13.3. The van der Waals surface area contributed by atoms with Gasteiger partial charge in [-0.15, -0.1) is 0 Å². The quantitative estimate of drug-likeness (QED) is 0.275. The molecule has 2 heterocycles. The Bertz CT molecular complexity index is 1770. The molecular weight excluding hydrogens is 584 g/mol. The molecule has 0 N–H and O–H groups in total. The standard InChI is InChI=1S/C42H40O5/c43-37-21-13-9-10-14-22(21)38(44)32-26-18-6-2-4-8-20-28-30(26)29-25(31(32)37)17-5-1-3-7-19-27(29)33-34(28)40(46)36-35(39(33)45)41-23-15-11-12-16-24(23)42(36)47-41/h9-16,25-28,35-36,41-42H,1-8,17-20H2/t25-,26+,27-,28+,35?,36?,41+,42-. The summed E-state index contributed by atoms with van der Waals surface area (Å²) in [6.07, 6.45) is 10.7. The summed E-state index contributed by atoms with van der Waals surface area (Å²) in [5.41, 5.74) is 8.64. The molecule has 1 saturated heterocycles. The average Bonchev–Trinajstić information content (AvgIpc) is 3.71. The highest BCUT2D eigenvalue weighted by atomic mass is 16.5. The topological polar surface area (TPSA) is 77.5 Å². The zero-order valence-electron chi connectivity index (χ0n) is 26.8. The first-order chi connectivity index (χ1) is 23.1. The largest absolute Gasteiger partial charge is 0.364 e. The van der Waals surface area contributed by atoms with Crippen LogP contribution in [0.15, 0.2) is 82.0 Å². The number of ether oxygens (including phenoxy) is 1. The van der Waals surface area contributed by atoms with Gasteiger partial charge in [0.25, 0.3) is 0 Å². The molecule has 10 rings (SSSR count). The van der Waals surface area contributed by atoms with Crippen molar-refractivity contribution in [2.24, 2.45) is 35.5 Å². The minimum absolute atomic E-state index is 0.00478. The highest BCUT2D eigenvalue weighted by Crippen LogP contribution is 2.65. The van der Waals surface area contributed by atoms with Gasteiger partial charge in [-0.05, 0) is 36.8 Å². The Hall–Kier alpha value is -3.70. The van der Waals surface area contributed by atoms with Gasteiger partial charge < -0.3 is 4.74 Å². The van der Waals surface area contributed by atoms with Crippen molar-refractivity contribution in [1.82, 2.24) is 0 Å². The van der Waals surface area contributed by atoms with Crippen molar-refractivity contribution in [3.63, 3.8) is 0 Å². The molecule has 3 fully saturated rings. The smallest absolute Gasteiger partial charge is 0.190 e. The van der Waals surface area contributed by atoms with Crippen LogP contribution in [0.25, 0.3) is 0 Å². The van der Waals surface area contributed by atoms with Crippen LogP contribution in [0.2, 0.25) is 0 Å². The Labute approximate surface area is 275 Å². The second-order valence-corrected chi connectivity index (χ2v) is 15.3. The van der Waals surface area contributed by atoms with Gasteiger partial charge >= 0.3 is 0 Å². The first kappa shape index (κ1) is 28.3. The molecule has 5 nitrogen and oxygen atoms in total. The number of Topliss-reactive ketones (excluding diaryl/α,β-unsaturated/α-hetero) is 4. The fourth-order valence-electron chi connectivity index (χ4n) is 11.5. The van der Waals surface area contributed by atoms with Gasteiger partial charge in [-0.25, -0.2) is 0 Å². The summed E-state index contributed by atoms with van der Waals surface area (Å²) in [5.74, 6) is -1.43. The van der Waals surface area contributed by atoms with Gasteiger partial charge in [-0.3, -0.25) is 19.2 Å². The minimum Gasteiger partial charge on any atom is -0.364 e. The zero-order chi connectivity index (χ0) is 31.6. The summed E-state index contributed by atoms with van der Waals surface area (Å²) < 4.78 is 6.55. The molecule has 2 aliphatic heterocycles. The maximum absolute atomic E-state index is 15.1. The molecular formula is C42H40O5. The number of carbonyl (C=O) groups excluding carboxylic acids is 4. The molecule has 8 atom stereocenters. The summed E-state index contributed by atoms with van der Waals surface area (Å²) in [4.78, 5) is 59.5. The monoisotopic (exact) mass is 624 g/mol. The molecule has 0 spiro atoms. The lowest BCUT2D eigenvalue weighted by Gasteiger charge is -2.50. The number of allylic oxidation sites excluding steroid dienone is 6. The van der Waals surface area contributed by atoms with Gasteiger partial charge in [-0.1, -0.05) is 111 Å². The number of fused-ring (bicyclic) bond motifs is 13. The van der Waals surface area contributed by atoms with E-state index in [9.17, 15) is 9.59 Å². The van der Waals surface area contributed by atoms with Crippen molar-refractivity contribution in [2.75, 3.05) is 0 Å².